The van der Waals surface area contributed by atoms with E-state index in [2.05, 4.69) is 34.2 Å². The quantitative estimate of drug-likeness (QED) is 0.216. The molecule has 1 fully saturated rings. The van der Waals surface area contributed by atoms with Crippen LogP contribution in [-0.2, 0) is 9.53 Å². The van der Waals surface area contributed by atoms with Crippen molar-refractivity contribution in [2.24, 2.45) is 10.9 Å². The van der Waals surface area contributed by atoms with Gasteiger partial charge in [-0.15, -0.1) is 24.0 Å². The zero-order valence-corrected chi connectivity index (χ0v) is 16.5. The van der Waals surface area contributed by atoms with Crippen LogP contribution in [0.5, 0.6) is 0 Å². The molecule has 0 heterocycles. The zero-order chi connectivity index (χ0) is 15.5. The average Bonchev–Trinajstić information content (AvgIpc) is 2.49. The minimum absolute atomic E-state index is 0. The fourth-order valence-corrected chi connectivity index (χ4v) is 2.59. The Kier molecular flexibility index (Phi) is 12.6. The molecule has 0 aromatic heterocycles. The molecule has 0 radical (unpaired) electrons. The predicted octanol–water partition coefficient (Wildman–Crippen LogP) is 3.08. The van der Waals surface area contributed by atoms with E-state index < -0.39 is 0 Å². The van der Waals surface area contributed by atoms with E-state index in [0.717, 1.165) is 37.8 Å². The van der Waals surface area contributed by atoms with Crippen molar-refractivity contribution in [2.45, 2.75) is 64.8 Å². The summed E-state index contributed by atoms with van der Waals surface area (Å²) < 4.78 is 4.63. The number of methoxy groups -OCH3 is 1. The van der Waals surface area contributed by atoms with E-state index in [9.17, 15) is 4.79 Å². The van der Waals surface area contributed by atoms with E-state index in [1.54, 1.807) is 0 Å². The highest BCUT2D eigenvalue weighted by molar-refractivity contribution is 14.0. The Labute approximate surface area is 152 Å². The van der Waals surface area contributed by atoms with Crippen molar-refractivity contribution < 1.29 is 9.53 Å². The lowest BCUT2D eigenvalue weighted by Crippen LogP contribution is -2.44. The summed E-state index contributed by atoms with van der Waals surface area (Å²) in [7, 11) is 1.43. The smallest absolute Gasteiger partial charge is 0.305 e. The number of esters is 1. The molecule has 6 heteroatoms. The number of rotatable bonds is 7. The minimum atomic E-state index is -0.139. The molecule has 2 N–H and O–H groups in total. The second-order valence-electron chi connectivity index (χ2n) is 5.90. The third kappa shape index (κ3) is 9.48. The summed E-state index contributed by atoms with van der Waals surface area (Å²) in [6, 6.07) is 0.550. The van der Waals surface area contributed by atoms with Crippen molar-refractivity contribution in [1.82, 2.24) is 10.6 Å². The zero-order valence-electron chi connectivity index (χ0n) is 14.2. The molecule has 0 aromatic carbocycles. The minimum Gasteiger partial charge on any atom is -0.469 e. The molecule has 5 nitrogen and oxygen atoms in total. The molecule has 0 saturated heterocycles. The average molecular weight is 425 g/mol. The number of guanidine groups is 1. The number of aliphatic imine (C=N–C) groups is 1. The number of hydrogen-bond donors (Lipinski definition) is 2. The highest BCUT2D eigenvalue weighted by atomic mass is 127. The van der Waals surface area contributed by atoms with Gasteiger partial charge in [-0.3, -0.25) is 9.79 Å². The van der Waals surface area contributed by atoms with Gasteiger partial charge in [0.05, 0.1) is 7.11 Å². The maximum atomic E-state index is 11.0. The van der Waals surface area contributed by atoms with Gasteiger partial charge in [0.25, 0.3) is 0 Å². The van der Waals surface area contributed by atoms with Crippen LogP contribution in [0.1, 0.15) is 58.8 Å². The van der Waals surface area contributed by atoms with Crippen molar-refractivity contribution >= 4 is 35.9 Å². The van der Waals surface area contributed by atoms with E-state index in [1.165, 1.54) is 32.8 Å². The van der Waals surface area contributed by atoms with E-state index in [4.69, 9.17) is 0 Å². The molecule has 1 aliphatic carbocycles. The number of unbranched alkanes of at least 4 members (excludes halogenated alkanes) is 1. The Morgan fingerprint density at radius 3 is 2.50 bits per heavy atom. The van der Waals surface area contributed by atoms with E-state index >= 15 is 0 Å². The molecule has 22 heavy (non-hydrogen) atoms. The second-order valence-corrected chi connectivity index (χ2v) is 5.90. The van der Waals surface area contributed by atoms with Crippen molar-refractivity contribution in [3.63, 3.8) is 0 Å². The molecular weight excluding hydrogens is 393 g/mol. The summed E-state index contributed by atoms with van der Waals surface area (Å²) in [5, 5.41) is 6.83. The highest BCUT2D eigenvalue weighted by Gasteiger charge is 2.18. The van der Waals surface area contributed by atoms with Crippen LogP contribution in [0.15, 0.2) is 4.99 Å². The van der Waals surface area contributed by atoms with Crippen LogP contribution in [0.2, 0.25) is 0 Å². The maximum Gasteiger partial charge on any atom is 0.305 e. The van der Waals surface area contributed by atoms with Crippen molar-refractivity contribution in [2.75, 3.05) is 20.2 Å². The van der Waals surface area contributed by atoms with E-state index in [1.807, 2.05) is 0 Å². The number of carbonyl (C=O) groups excluding carboxylic acids is 1. The summed E-state index contributed by atoms with van der Waals surface area (Å²) in [4.78, 5) is 15.6. The largest absolute Gasteiger partial charge is 0.469 e. The van der Waals surface area contributed by atoms with Gasteiger partial charge in [0.15, 0.2) is 5.96 Å². The van der Waals surface area contributed by atoms with Crippen LogP contribution in [0, 0.1) is 5.92 Å². The number of nitrogens with zero attached hydrogens (tertiary/aromatic N) is 1. The van der Waals surface area contributed by atoms with Crippen LogP contribution >= 0.6 is 24.0 Å². The lowest BCUT2D eigenvalue weighted by atomic mass is 9.87. The van der Waals surface area contributed by atoms with Crippen molar-refractivity contribution in [3.05, 3.63) is 0 Å². The van der Waals surface area contributed by atoms with Crippen LogP contribution < -0.4 is 10.6 Å². The lowest BCUT2D eigenvalue weighted by Gasteiger charge is -2.28. The number of hydrogen-bond acceptors (Lipinski definition) is 3. The topological polar surface area (TPSA) is 62.7 Å². The van der Waals surface area contributed by atoms with Crippen LogP contribution in [0.4, 0.5) is 0 Å². The molecule has 1 aliphatic rings. The molecule has 0 aromatic rings. The second kappa shape index (κ2) is 13.0. The van der Waals surface area contributed by atoms with Gasteiger partial charge >= 0.3 is 5.97 Å². The molecule has 0 unspecified atom stereocenters. The molecule has 1 saturated carbocycles. The van der Waals surface area contributed by atoms with Gasteiger partial charge < -0.3 is 15.4 Å². The van der Waals surface area contributed by atoms with Gasteiger partial charge in [0, 0.05) is 25.6 Å². The van der Waals surface area contributed by atoms with Gasteiger partial charge in [-0.1, -0.05) is 6.92 Å². The summed E-state index contributed by atoms with van der Waals surface area (Å²) in [6.07, 6.45) is 7.29. The standard InChI is InChI=1S/C16H31N3O2.HI/c1-4-17-16(18-12-6-5-7-15(20)21-3)19-14-10-8-13(2)9-11-14;/h13-14H,4-12H2,1-3H3,(H2,17,18,19);1H. The molecule has 0 amide bonds. The SMILES string of the molecule is CCNC(=NCCCCC(=O)OC)NC1CCC(C)CC1.I. The highest BCUT2D eigenvalue weighted by Crippen LogP contribution is 2.23. The first-order valence-electron chi connectivity index (χ1n) is 8.27. The summed E-state index contributed by atoms with van der Waals surface area (Å²) in [6.45, 7) is 6.03. The molecule has 0 aliphatic heterocycles. The van der Waals surface area contributed by atoms with Gasteiger partial charge in [0.2, 0.25) is 0 Å². The fourth-order valence-electron chi connectivity index (χ4n) is 2.59. The summed E-state index contributed by atoms with van der Waals surface area (Å²) in [5.74, 6) is 1.64. The third-order valence-electron chi connectivity index (χ3n) is 3.99. The predicted molar refractivity (Wildman–Crippen MR) is 102 cm³/mol. The third-order valence-corrected chi connectivity index (χ3v) is 3.99. The molecule has 130 valence electrons. The molecule has 1 rings (SSSR count). The van der Waals surface area contributed by atoms with Gasteiger partial charge in [0.1, 0.15) is 0 Å². The van der Waals surface area contributed by atoms with Crippen molar-refractivity contribution in [1.29, 1.82) is 0 Å². The summed E-state index contributed by atoms with van der Waals surface area (Å²) in [5.41, 5.74) is 0. The number of ether oxygens (including phenoxy) is 1. The lowest BCUT2D eigenvalue weighted by molar-refractivity contribution is -0.140. The van der Waals surface area contributed by atoms with Crippen LogP contribution in [-0.4, -0.2) is 38.2 Å². The fraction of sp³-hybridized carbons (Fsp3) is 0.875. The van der Waals surface area contributed by atoms with Crippen molar-refractivity contribution in [3.8, 4) is 0 Å². The molecule has 0 spiro atoms. The Balaban J connectivity index is 0.00000441. The first-order valence-corrected chi connectivity index (χ1v) is 8.27. The monoisotopic (exact) mass is 425 g/mol. The number of nitrogens with one attached hydrogen (secondary N) is 2. The first kappa shape index (κ1) is 21.5. The Morgan fingerprint density at radius 2 is 1.91 bits per heavy atom. The van der Waals surface area contributed by atoms with E-state index in [0.29, 0.717) is 12.5 Å². The van der Waals surface area contributed by atoms with Gasteiger partial charge in [-0.05, 0) is 51.4 Å². The van der Waals surface area contributed by atoms with E-state index in [-0.39, 0.29) is 29.9 Å². The Bertz CT molecular complexity index is 329. The molecular formula is C16H32IN3O2. The van der Waals surface area contributed by atoms with Crippen LogP contribution in [0.3, 0.4) is 0 Å². The normalized spacial score (nSPS) is 21.7. The number of carbonyl (C=O) groups is 1. The number of halogens is 1. The van der Waals surface area contributed by atoms with Gasteiger partial charge in [-0.25, -0.2) is 0 Å². The van der Waals surface area contributed by atoms with Crippen LogP contribution in [0.25, 0.3) is 0 Å². The summed E-state index contributed by atoms with van der Waals surface area (Å²) >= 11 is 0. The molecule has 0 atom stereocenters. The first-order chi connectivity index (χ1) is 10.2. The van der Waals surface area contributed by atoms with Gasteiger partial charge in [-0.2, -0.15) is 0 Å². The Hall–Kier alpha value is -0.530. The molecule has 0 bridgehead atoms. The maximum absolute atomic E-state index is 11.0. The Morgan fingerprint density at radius 1 is 1.23 bits per heavy atom.